The zero-order valence-electron chi connectivity index (χ0n) is 14.9. The van der Waals surface area contributed by atoms with Crippen molar-refractivity contribution in [2.45, 2.75) is 38.1 Å². The average molecular weight is 419 g/mol. The molecule has 0 saturated carbocycles. The van der Waals surface area contributed by atoms with Crippen LogP contribution in [0.5, 0.6) is 0 Å². The second-order valence-electron chi connectivity index (χ2n) is 5.72. The van der Waals surface area contributed by atoms with Crippen molar-refractivity contribution in [3.8, 4) is 11.8 Å². The first-order valence-corrected chi connectivity index (χ1v) is 8.11. The number of carbonyl (C=O) groups excluding carboxylic acids is 1. The topological polar surface area (TPSA) is 132 Å². The Morgan fingerprint density at radius 2 is 2.24 bits per heavy atom. The molecule has 0 radical (unpaired) electrons. The van der Waals surface area contributed by atoms with Crippen molar-refractivity contribution in [2.24, 2.45) is 4.99 Å². The van der Waals surface area contributed by atoms with Crippen LogP contribution in [0.3, 0.4) is 0 Å². The number of halogens is 3. The van der Waals surface area contributed by atoms with Gasteiger partial charge in [-0.2, -0.15) is 0 Å². The summed E-state index contributed by atoms with van der Waals surface area (Å²) in [5.74, 6) is 4.13. The summed E-state index contributed by atoms with van der Waals surface area (Å²) >= 11 is 0. The summed E-state index contributed by atoms with van der Waals surface area (Å²) in [5, 5.41) is 9.34. The number of H-pyrrole nitrogens is 1. The Kier molecular flexibility index (Phi) is 7.18. The maximum absolute atomic E-state index is 12.1. The number of aromatic amines is 1. The molecule has 1 aromatic rings. The average Bonchev–Trinajstić information content (AvgIpc) is 3.00. The quantitative estimate of drug-likeness (QED) is 0.289. The number of hydrogen-bond acceptors (Lipinski definition) is 8. The number of aromatic nitrogens is 2. The predicted molar refractivity (Wildman–Crippen MR) is 89.9 cm³/mol. The molecule has 158 valence electrons. The number of aliphatic hydroxyl groups excluding tert-OH is 1. The molecule has 2 N–H and O–H groups in total. The Morgan fingerprint density at radius 3 is 2.86 bits per heavy atom. The van der Waals surface area contributed by atoms with Crippen molar-refractivity contribution < 1.29 is 37.3 Å². The van der Waals surface area contributed by atoms with E-state index in [4.69, 9.17) is 9.47 Å². The second-order valence-corrected chi connectivity index (χ2v) is 5.72. The normalized spacial score (nSPS) is 21.6. The van der Waals surface area contributed by atoms with Gasteiger partial charge in [-0.1, -0.05) is 11.8 Å². The van der Waals surface area contributed by atoms with Crippen LogP contribution in [0, 0.1) is 11.8 Å². The van der Waals surface area contributed by atoms with E-state index in [2.05, 4.69) is 21.6 Å². The van der Waals surface area contributed by atoms with Crippen molar-refractivity contribution in [3.05, 3.63) is 32.6 Å². The van der Waals surface area contributed by atoms with Crippen LogP contribution in [0.2, 0.25) is 0 Å². The van der Waals surface area contributed by atoms with Gasteiger partial charge >= 0.3 is 18.0 Å². The minimum atomic E-state index is -4.86. The van der Waals surface area contributed by atoms with Crippen LogP contribution >= 0.6 is 0 Å². The lowest BCUT2D eigenvalue weighted by atomic mass is 10.2. The van der Waals surface area contributed by atoms with E-state index >= 15 is 0 Å². The van der Waals surface area contributed by atoms with Gasteiger partial charge in [0.2, 0.25) is 0 Å². The van der Waals surface area contributed by atoms with Crippen LogP contribution in [0.4, 0.5) is 13.2 Å². The van der Waals surface area contributed by atoms with Crippen LogP contribution in [0.1, 0.15) is 25.1 Å². The lowest BCUT2D eigenvalue weighted by molar-refractivity contribution is -0.280. The van der Waals surface area contributed by atoms with E-state index in [0.29, 0.717) is 0 Å². The third-order valence-electron chi connectivity index (χ3n) is 3.61. The molecule has 0 unspecified atom stereocenters. The van der Waals surface area contributed by atoms with Crippen molar-refractivity contribution in [1.29, 1.82) is 0 Å². The molecule has 0 spiro atoms. The van der Waals surface area contributed by atoms with Crippen molar-refractivity contribution in [1.82, 2.24) is 9.55 Å². The number of nitrogens with one attached hydrogen (secondary N) is 1. The number of alkyl halides is 3. The molecule has 2 rings (SSSR count). The molecule has 13 heteroatoms. The number of hydrogen-bond donors (Lipinski definition) is 2. The monoisotopic (exact) mass is 419 g/mol. The predicted octanol–water partition coefficient (Wildman–Crippen LogP) is -0.336. The van der Waals surface area contributed by atoms with E-state index in [9.17, 15) is 32.7 Å². The SMILES string of the molecule is CC(=O)O[C@@H]1C[C@H](n2cc(C#CC/N=C/OC(F)(F)F)c(=O)[nH]c2=O)O[C@@H]1CO. The Labute approximate surface area is 160 Å². The van der Waals surface area contributed by atoms with Gasteiger partial charge in [0.15, 0.2) is 6.40 Å². The van der Waals surface area contributed by atoms with Gasteiger partial charge in [-0.25, -0.2) is 9.79 Å². The van der Waals surface area contributed by atoms with Crippen LogP contribution in [0.25, 0.3) is 0 Å². The van der Waals surface area contributed by atoms with Gasteiger partial charge in [0.05, 0.1) is 6.61 Å². The minimum absolute atomic E-state index is 0.0443. The molecule has 2 heterocycles. The highest BCUT2D eigenvalue weighted by Crippen LogP contribution is 2.29. The number of aliphatic hydroxyl groups is 1. The minimum Gasteiger partial charge on any atom is -0.460 e. The first-order valence-electron chi connectivity index (χ1n) is 8.11. The molecule has 1 aromatic heterocycles. The zero-order valence-corrected chi connectivity index (χ0v) is 14.9. The molecule has 1 aliphatic heterocycles. The largest absolute Gasteiger partial charge is 0.573 e. The van der Waals surface area contributed by atoms with Gasteiger partial charge in [-0.3, -0.25) is 19.1 Å². The van der Waals surface area contributed by atoms with Crippen molar-refractivity contribution in [2.75, 3.05) is 13.2 Å². The molecule has 0 aromatic carbocycles. The van der Waals surface area contributed by atoms with E-state index in [1.54, 1.807) is 0 Å². The van der Waals surface area contributed by atoms with Crippen LogP contribution in [-0.4, -0.2) is 58.7 Å². The zero-order chi connectivity index (χ0) is 21.6. The summed E-state index contributed by atoms with van der Waals surface area (Å²) in [6.07, 6.45) is -6.14. The summed E-state index contributed by atoms with van der Waals surface area (Å²) < 4.78 is 50.2. The smallest absolute Gasteiger partial charge is 0.460 e. The Morgan fingerprint density at radius 1 is 1.52 bits per heavy atom. The van der Waals surface area contributed by atoms with E-state index < -0.39 is 55.2 Å². The molecule has 0 amide bonds. The fourth-order valence-corrected chi connectivity index (χ4v) is 2.48. The van der Waals surface area contributed by atoms with Gasteiger partial charge in [0, 0.05) is 19.5 Å². The number of rotatable bonds is 5. The van der Waals surface area contributed by atoms with Crippen molar-refractivity contribution in [3.63, 3.8) is 0 Å². The van der Waals surface area contributed by atoms with Crippen LogP contribution in [-0.2, 0) is 19.0 Å². The molecule has 1 fully saturated rings. The molecule has 0 bridgehead atoms. The molecule has 29 heavy (non-hydrogen) atoms. The lowest BCUT2D eigenvalue weighted by Gasteiger charge is -2.15. The molecule has 1 saturated heterocycles. The maximum atomic E-state index is 12.1. The van der Waals surface area contributed by atoms with Gasteiger partial charge < -0.3 is 19.3 Å². The highest BCUT2D eigenvalue weighted by Gasteiger charge is 2.38. The van der Waals surface area contributed by atoms with E-state index in [0.717, 1.165) is 10.8 Å². The molecule has 0 aliphatic carbocycles. The lowest BCUT2D eigenvalue weighted by Crippen LogP contribution is -2.33. The molecular weight excluding hydrogens is 403 g/mol. The van der Waals surface area contributed by atoms with Gasteiger partial charge in [0.1, 0.15) is 30.5 Å². The Hall–Kier alpha value is -3.11. The molecule has 10 nitrogen and oxygen atoms in total. The summed E-state index contributed by atoms with van der Waals surface area (Å²) in [5.41, 5.74) is -1.80. The fraction of sp³-hybridized carbons (Fsp3) is 0.500. The molecule has 3 atom stereocenters. The second kappa shape index (κ2) is 9.39. The first kappa shape index (κ1) is 22.2. The number of aliphatic imine (C=N–C) groups is 1. The number of ether oxygens (including phenoxy) is 3. The first-order chi connectivity index (χ1) is 13.6. The molecule has 1 aliphatic rings. The summed E-state index contributed by atoms with van der Waals surface area (Å²) in [4.78, 5) is 40.4. The van der Waals surface area contributed by atoms with E-state index in [1.807, 2.05) is 4.98 Å². The number of esters is 1. The van der Waals surface area contributed by atoms with Gasteiger partial charge in [-0.05, 0) is 0 Å². The maximum Gasteiger partial charge on any atom is 0.573 e. The summed E-state index contributed by atoms with van der Waals surface area (Å²) in [7, 11) is 0. The summed E-state index contributed by atoms with van der Waals surface area (Å²) in [6.45, 7) is 0.330. The van der Waals surface area contributed by atoms with Gasteiger partial charge in [-0.15, -0.1) is 13.2 Å². The van der Waals surface area contributed by atoms with Crippen LogP contribution < -0.4 is 11.2 Å². The third-order valence-corrected chi connectivity index (χ3v) is 3.61. The third kappa shape index (κ3) is 6.47. The fourth-order valence-electron chi connectivity index (χ4n) is 2.48. The highest BCUT2D eigenvalue weighted by atomic mass is 19.4. The molecular formula is C16H16F3N3O7. The van der Waals surface area contributed by atoms with Crippen molar-refractivity contribution >= 4 is 12.4 Å². The Bertz CT molecular complexity index is 942. The highest BCUT2D eigenvalue weighted by molar-refractivity contribution is 5.66. The standard InChI is InChI=1S/C16H16F3N3O7/c1-9(24)28-11-5-13(29-12(11)7-23)22-6-10(14(25)21-15(22)26)3-2-4-20-8-27-16(17,18)19/h6,8,11-13,23H,4-5,7H2,1H3,(H,21,25,26)/b20-8+/t11-,12-,13-/m1/s1. The number of carbonyl (C=O) groups is 1. The van der Waals surface area contributed by atoms with E-state index in [1.165, 1.54) is 6.92 Å². The summed E-state index contributed by atoms with van der Waals surface area (Å²) in [6, 6.07) is 0. The Balaban J connectivity index is 2.16. The van der Waals surface area contributed by atoms with Crippen LogP contribution in [0.15, 0.2) is 20.8 Å². The van der Waals surface area contributed by atoms with E-state index in [-0.39, 0.29) is 18.4 Å². The number of nitrogens with zero attached hydrogens (tertiary/aromatic N) is 2. The van der Waals surface area contributed by atoms with Gasteiger partial charge in [0.25, 0.3) is 5.56 Å².